The lowest BCUT2D eigenvalue weighted by molar-refractivity contribution is -0.112. The highest BCUT2D eigenvalue weighted by Gasteiger charge is 2.16. The average Bonchev–Trinajstić information content (AvgIpc) is 3.02. The van der Waals surface area contributed by atoms with Crippen LogP contribution in [-0.2, 0) is 18.0 Å². The van der Waals surface area contributed by atoms with Crippen LogP contribution in [0.2, 0.25) is 0 Å². The molecule has 0 atom stereocenters. The molecule has 0 fully saturated rings. The molecule has 0 spiro atoms. The Bertz CT molecular complexity index is 1680. The van der Waals surface area contributed by atoms with Crippen molar-refractivity contribution in [3.8, 4) is 29.1 Å². The smallest absolute Gasteiger partial charge is 0.266 e. The van der Waals surface area contributed by atoms with E-state index in [4.69, 9.17) is 18.9 Å². The molecule has 1 N–H and O–H groups in total. The summed E-state index contributed by atoms with van der Waals surface area (Å²) in [5.74, 6) is 1.79. The Labute approximate surface area is 267 Å². The van der Waals surface area contributed by atoms with Gasteiger partial charge in [0.05, 0.1) is 17.7 Å². The molecule has 0 saturated carbocycles. The van der Waals surface area contributed by atoms with Crippen LogP contribution in [0, 0.1) is 25.2 Å². The van der Waals surface area contributed by atoms with E-state index in [0.29, 0.717) is 58.5 Å². The lowest BCUT2D eigenvalue weighted by atomic mass is 10.1. The SMILES string of the molecule is CCOc1cc(COc2c(Br)cc(/C=C(/C#N)C(=O)Nc3cccc(C)c3C)cc2OCC)ccc1OCc1ccccc1. The summed E-state index contributed by atoms with van der Waals surface area (Å²) in [6.07, 6.45) is 1.53. The molecule has 0 radical (unpaired) electrons. The third kappa shape index (κ3) is 8.42. The highest BCUT2D eigenvalue weighted by Crippen LogP contribution is 2.39. The van der Waals surface area contributed by atoms with E-state index in [2.05, 4.69) is 21.2 Å². The average molecular weight is 656 g/mol. The number of aryl methyl sites for hydroxylation is 1. The minimum atomic E-state index is -0.489. The van der Waals surface area contributed by atoms with Crippen molar-refractivity contribution in [1.29, 1.82) is 5.26 Å². The maximum Gasteiger partial charge on any atom is 0.266 e. The Morgan fingerprint density at radius 3 is 2.27 bits per heavy atom. The van der Waals surface area contributed by atoms with Crippen molar-refractivity contribution >= 4 is 33.6 Å². The standard InChI is InChI=1S/C36H35BrN2O5/c1-5-41-33-19-27(15-16-32(33)43-22-26-12-8-7-9-13-26)23-44-35-30(37)18-28(20-34(35)42-6-2)17-29(21-38)36(40)39-31-14-10-11-24(3)25(31)4/h7-20H,5-6,22-23H2,1-4H3,(H,39,40)/b29-17-. The topological polar surface area (TPSA) is 89.8 Å². The fourth-order valence-corrected chi connectivity index (χ4v) is 4.96. The number of carbonyl (C=O) groups excluding carboxylic acids is 1. The predicted molar refractivity (Wildman–Crippen MR) is 176 cm³/mol. The molecular formula is C36H35BrN2O5. The zero-order valence-electron chi connectivity index (χ0n) is 25.3. The third-order valence-electron chi connectivity index (χ3n) is 6.79. The van der Waals surface area contributed by atoms with Crippen LogP contribution >= 0.6 is 15.9 Å². The quantitative estimate of drug-likeness (QED) is 0.115. The summed E-state index contributed by atoms with van der Waals surface area (Å²) >= 11 is 3.59. The summed E-state index contributed by atoms with van der Waals surface area (Å²) in [5, 5.41) is 12.6. The molecule has 0 unspecified atom stereocenters. The van der Waals surface area contributed by atoms with Crippen molar-refractivity contribution in [3.63, 3.8) is 0 Å². The highest BCUT2D eigenvalue weighted by molar-refractivity contribution is 9.10. The van der Waals surface area contributed by atoms with Crippen molar-refractivity contribution in [3.05, 3.63) is 117 Å². The van der Waals surface area contributed by atoms with E-state index in [9.17, 15) is 10.1 Å². The molecule has 226 valence electrons. The first-order chi connectivity index (χ1) is 21.3. The van der Waals surface area contributed by atoms with Gasteiger partial charge in [0.25, 0.3) is 5.91 Å². The summed E-state index contributed by atoms with van der Waals surface area (Å²) in [7, 11) is 0. The van der Waals surface area contributed by atoms with Crippen LogP contribution in [-0.4, -0.2) is 19.1 Å². The van der Waals surface area contributed by atoms with Gasteiger partial charge in [-0.05, 0) is 108 Å². The van der Waals surface area contributed by atoms with E-state index in [1.165, 1.54) is 6.08 Å². The second-order valence-corrected chi connectivity index (χ2v) is 10.8. The van der Waals surface area contributed by atoms with Crippen LogP contribution in [0.3, 0.4) is 0 Å². The minimum absolute atomic E-state index is 0.0352. The number of halogens is 1. The van der Waals surface area contributed by atoms with E-state index >= 15 is 0 Å². The fourth-order valence-electron chi connectivity index (χ4n) is 4.39. The first kappa shape index (κ1) is 32.2. The van der Waals surface area contributed by atoms with Gasteiger partial charge < -0.3 is 24.3 Å². The van der Waals surface area contributed by atoms with Gasteiger partial charge in [-0.3, -0.25) is 4.79 Å². The number of amides is 1. The number of benzene rings is 4. The third-order valence-corrected chi connectivity index (χ3v) is 7.38. The van der Waals surface area contributed by atoms with Crippen LogP contribution in [0.1, 0.15) is 41.7 Å². The second-order valence-electron chi connectivity index (χ2n) is 9.91. The highest BCUT2D eigenvalue weighted by atomic mass is 79.9. The Balaban J connectivity index is 1.51. The molecule has 0 aliphatic rings. The summed E-state index contributed by atoms with van der Waals surface area (Å²) in [4.78, 5) is 13.0. The molecule has 0 saturated heterocycles. The van der Waals surface area contributed by atoms with Crippen LogP contribution in [0.25, 0.3) is 6.08 Å². The number of rotatable bonds is 13. The van der Waals surface area contributed by atoms with E-state index in [-0.39, 0.29) is 12.2 Å². The van der Waals surface area contributed by atoms with Crippen molar-refractivity contribution < 1.29 is 23.7 Å². The molecule has 7 nitrogen and oxygen atoms in total. The molecule has 8 heteroatoms. The second kappa shape index (κ2) is 15.6. The molecule has 4 aromatic rings. The summed E-state index contributed by atoms with van der Waals surface area (Å²) in [6.45, 7) is 9.27. The monoisotopic (exact) mass is 654 g/mol. The number of nitriles is 1. The fraction of sp³-hybridized carbons (Fsp3) is 0.222. The number of anilines is 1. The normalized spacial score (nSPS) is 11.0. The Hall–Kier alpha value is -4.74. The maximum atomic E-state index is 13.0. The van der Waals surface area contributed by atoms with Crippen LogP contribution in [0.4, 0.5) is 5.69 Å². The van der Waals surface area contributed by atoms with Gasteiger partial charge in [0, 0.05) is 5.69 Å². The number of nitrogens with one attached hydrogen (secondary N) is 1. The lowest BCUT2D eigenvalue weighted by Crippen LogP contribution is -2.14. The number of nitrogens with zero attached hydrogens (tertiary/aromatic N) is 1. The van der Waals surface area contributed by atoms with Gasteiger partial charge in [-0.25, -0.2) is 0 Å². The zero-order valence-corrected chi connectivity index (χ0v) is 26.9. The number of hydrogen-bond acceptors (Lipinski definition) is 6. The van der Waals surface area contributed by atoms with Gasteiger partial charge in [-0.1, -0.05) is 48.5 Å². The summed E-state index contributed by atoms with van der Waals surface area (Å²) in [5.41, 5.74) is 5.19. The van der Waals surface area contributed by atoms with Gasteiger partial charge in [0.1, 0.15) is 24.9 Å². The molecule has 0 aliphatic carbocycles. The van der Waals surface area contributed by atoms with Crippen molar-refractivity contribution in [2.45, 2.75) is 40.9 Å². The lowest BCUT2D eigenvalue weighted by Gasteiger charge is -2.16. The molecule has 4 rings (SSSR count). The Kier molecular flexibility index (Phi) is 11.4. The minimum Gasteiger partial charge on any atom is -0.490 e. The molecule has 44 heavy (non-hydrogen) atoms. The van der Waals surface area contributed by atoms with E-state index in [1.54, 1.807) is 12.1 Å². The van der Waals surface area contributed by atoms with E-state index in [0.717, 1.165) is 22.3 Å². The Morgan fingerprint density at radius 1 is 0.818 bits per heavy atom. The van der Waals surface area contributed by atoms with Crippen LogP contribution in [0.15, 0.2) is 88.9 Å². The Morgan fingerprint density at radius 2 is 1.55 bits per heavy atom. The molecular weight excluding hydrogens is 620 g/mol. The van der Waals surface area contributed by atoms with E-state index < -0.39 is 5.91 Å². The van der Waals surface area contributed by atoms with Crippen molar-refractivity contribution in [1.82, 2.24) is 0 Å². The van der Waals surface area contributed by atoms with Gasteiger partial charge in [0.15, 0.2) is 23.0 Å². The van der Waals surface area contributed by atoms with Gasteiger partial charge in [-0.15, -0.1) is 0 Å². The van der Waals surface area contributed by atoms with Crippen LogP contribution in [0.5, 0.6) is 23.0 Å². The van der Waals surface area contributed by atoms with Gasteiger partial charge >= 0.3 is 0 Å². The maximum absolute atomic E-state index is 13.0. The van der Waals surface area contributed by atoms with E-state index in [1.807, 2.05) is 100 Å². The molecule has 0 aliphatic heterocycles. The number of ether oxygens (including phenoxy) is 4. The molecule has 1 amide bonds. The molecule has 4 aromatic carbocycles. The molecule has 0 bridgehead atoms. The largest absolute Gasteiger partial charge is 0.490 e. The summed E-state index contributed by atoms with van der Waals surface area (Å²) in [6, 6.07) is 26.9. The number of carbonyl (C=O) groups is 1. The van der Waals surface area contributed by atoms with Gasteiger partial charge in [-0.2, -0.15) is 5.26 Å². The number of hydrogen-bond donors (Lipinski definition) is 1. The zero-order chi connectivity index (χ0) is 31.5. The molecule has 0 heterocycles. The van der Waals surface area contributed by atoms with Crippen molar-refractivity contribution in [2.24, 2.45) is 0 Å². The van der Waals surface area contributed by atoms with Gasteiger partial charge in [0.2, 0.25) is 0 Å². The van der Waals surface area contributed by atoms with Crippen molar-refractivity contribution in [2.75, 3.05) is 18.5 Å². The first-order valence-corrected chi connectivity index (χ1v) is 15.1. The molecule has 0 aromatic heterocycles. The summed E-state index contributed by atoms with van der Waals surface area (Å²) < 4.78 is 24.6. The van der Waals surface area contributed by atoms with Crippen LogP contribution < -0.4 is 24.3 Å². The first-order valence-electron chi connectivity index (χ1n) is 14.3. The predicted octanol–water partition coefficient (Wildman–Crippen LogP) is 8.57.